The third-order valence-electron chi connectivity index (χ3n) is 3.61. The monoisotopic (exact) mass is 463 g/mol. The highest BCUT2D eigenvalue weighted by Gasteiger charge is 2.22. The van der Waals surface area contributed by atoms with Crippen molar-refractivity contribution in [3.8, 4) is 0 Å². The fraction of sp³-hybridized carbons (Fsp3) is 0.250. The van der Waals surface area contributed by atoms with Crippen LogP contribution in [-0.2, 0) is 24.8 Å². The molecule has 0 aliphatic rings. The molecule has 0 radical (unpaired) electrons. The lowest BCUT2D eigenvalue weighted by Gasteiger charge is -2.14. The summed E-state index contributed by atoms with van der Waals surface area (Å²) >= 11 is 5.69. The first-order valence-corrected chi connectivity index (χ1v) is 11.4. The molecule has 0 aliphatic heterocycles. The molecular weight excluding hydrogens is 446 g/mol. The van der Waals surface area contributed by atoms with Crippen molar-refractivity contribution < 1.29 is 26.5 Å². The van der Waals surface area contributed by atoms with Crippen LogP contribution in [0.3, 0.4) is 0 Å². The summed E-state index contributed by atoms with van der Waals surface area (Å²) in [7, 11) is -6.52. The normalized spacial score (nSPS) is 13.1. The minimum atomic E-state index is -4.16. The number of ether oxygens (including phenoxy) is 1. The summed E-state index contributed by atoms with van der Waals surface area (Å²) in [6, 6.07) is 7.59. The van der Waals surface area contributed by atoms with Gasteiger partial charge in [-0.05, 0) is 43.3 Å². The Kier molecular flexibility index (Phi) is 7.19. The Balaban J connectivity index is 2.23. The van der Waals surface area contributed by atoms with Gasteiger partial charge in [-0.3, -0.25) is 14.8 Å². The third-order valence-corrected chi connectivity index (χ3v) is 6.92. The standard InChI is InChI=1S/C16H18ClN3O7S2/c1-11(10-27-2)18-28(23,24)13-5-3-12(4-6-13)19-29(25,26)14-7-8-15(17)16(9-14)20(21)22/h3-9,11,18-19H,10H2,1-2H3. The van der Waals surface area contributed by atoms with Gasteiger partial charge >= 0.3 is 0 Å². The van der Waals surface area contributed by atoms with Gasteiger partial charge in [0.2, 0.25) is 10.0 Å². The first kappa shape index (κ1) is 23.0. The highest BCUT2D eigenvalue weighted by molar-refractivity contribution is 7.92. The molecule has 1 unspecified atom stereocenters. The van der Waals surface area contributed by atoms with E-state index in [1.54, 1.807) is 6.92 Å². The van der Waals surface area contributed by atoms with E-state index in [1.807, 2.05) is 0 Å². The zero-order valence-electron chi connectivity index (χ0n) is 15.3. The smallest absolute Gasteiger partial charge is 0.289 e. The van der Waals surface area contributed by atoms with Crippen molar-refractivity contribution in [3.05, 3.63) is 57.6 Å². The maximum Gasteiger partial charge on any atom is 0.289 e. The van der Waals surface area contributed by atoms with E-state index in [4.69, 9.17) is 16.3 Å². The number of sulfonamides is 2. The molecule has 2 aromatic rings. The van der Waals surface area contributed by atoms with E-state index in [9.17, 15) is 26.9 Å². The van der Waals surface area contributed by atoms with Gasteiger partial charge < -0.3 is 4.74 Å². The van der Waals surface area contributed by atoms with Crippen LogP contribution in [0, 0.1) is 10.1 Å². The van der Waals surface area contributed by atoms with Gasteiger partial charge in [0.05, 0.1) is 21.3 Å². The fourth-order valence-electron chi connectivity index (χ4n) is 2.33. The van der Waals surface area contributed by atoms with Crippen molar-refractivity contribution in [2.75, 3.05) is 18.4 Å². The van der Waals surface area contributed by atoms with Crippen LogP contribution in [0.4, 0.5) is 11.4 Å². The molecule has 0 saturated carbocycles. The molecule has 0 fully saturated rings. The Labute approximate surface area is 173 Å². The van der Waals surface area contributed by atoms with E-state index in [0.29, 0.717) is 0 Å². The number of hydrogen-bond donors (Lipinski definition) is 2. The molecule has 0 aliphatic carbocycles. The minimum Gasteiger partial charge on any atom is -0.383 e. The molecule has 158 valence electrons. The van der Waals surface area contributed by atoms with Gasteiger partial charge in [0.25, 0.3) is 15.7 Å². The van der Waals surface area contributed by atoms with E-state index in [-0.39, 0.29) is 27.1 Å². The van der Waals surface area contributed by atoms with E-state index in [1.165, 1.54) is 31.4 Å². The van der Waals surface area contributed by atoms with Crippen LogP contribution in [0.25, 0.3) is 0 Å². The predicted molar refractivity (Wildman–Crippen MR) is 107 cm³/mol. The number of nitrogens with zero attached hydrogens (tertiary/aromatic N) is 1. The largest absolute Gasteiger partial charge is 0.383 e. The number of hydrogen-bond acceptors (Lipinski definition) is 7. The molecule has 0 saturated heterocycles. The molecule has 13 heteroatoms. The molecule has 0 bridgehead atoms. The Morgan fingerprint density at radius 1 is 1.07 bits per heavy atom. The highest BCUT2D eigenvalue weighted by Crippen LogP contribution is 2.28. The maximum absolute atomic E-state index is 12.5. The van der Waals surface area contributed by atoms with E-state index >= 15 is 0 Å². The Bertz CT molecular complexity index is 1100. The van der Waals surface area contributed by atoms with Gasteiger partial charge in [-0.2, -0.15) is 0 Å². The summed E-state index contributed by atoms with van der Waals surface area (Å²) in [6.45, 7) is 1.82. The number of benzene rings is 2. The number of nitrogens with one attached hydrogen (secondary N) is 2. The minimum absolute atomic E-state index is 0.0643. The fourth-order valence-corrected chi connectivity index (χ4v) is 4.83. The van der Waals surface area contributed by atoms with E-state index in [2.05, 4.69) is 9.44 Å². The molecule has 0 spiro atoms. The highest BCUT2D eigenvalue weighted by atomic mass is 35.5. The quantitative estimate of drug-likeness (QED) is 0.428. The van der Waals surface area contributed by atoms with E-state index in [0.717, 1.165) is 18.2 Å². The number of halogens is 1. The zero-order chi connectivity index (χ0) is 21.8. The lowest BCUT2D eigenvalue weighted by atomic mass is 10.3. The van der Waals surface area contributed by atoms with Crippen molar-refractivity contribution in [1.82, 2.24) is 4.72 Å². The molecule has 0 heterocycles. The Morgan fingerprint density at radius 2 is 1.66 bits per heavy atom. The van der Waals surface area contributed by atoms with Crippen molar-refractivity contribution in [2.45, 2.75) is 22.8 Å². The van der Waals surface area contributed by atoms with Crippen LogP contribution in [0.2, 0.25) is 5.02 Å². The number of nitro groups is 1. The summed E-state index contributed by atoms with van der Waals surface area (Å²) in [6.07, 6.45) is 0. The van der Waals surface area contributed by atoms with Gasteiger partial charge in [-0.1, -0.05) is 11.6 Å². The lowest BCUT2D eigenvalue weighted by molar-refractivity contribution is -0.384. The second kappa shape index (κ2) is 9.05. The van der Waals surface area contributed by atoms with Crippen LogP contribution in [0.15, 0.2) is 52.3 Å². The molecule has 0 amide bonds. The molecule has 2 aromatic carbocycles. The number of methoxy groups -OCH3 is 1. The Hall–Kier alpha value is -2.25. The van der Waals surface area contributed by atoms with E-state index < -0.39 is 36.7 Å². The van der Waals surface area contributed by atoms with Crippen LogP contribution >= 0.6 is 11.6 Å². The molecule has 2 N–H and O–H groups in total. The molecule has 1 atom stereocenters. The number of rotatable bonds is 9. The summed E-state index contributed by atoms with van der Waals surface area (Å²) < 4.78 is 59.0. The van der Waals surface area contributed by atoms with Crippen molar-refractivity contribution >= 4 is 43.0 Å². The molecule has 2 rings (SSSR count). The van der Waals surface area contributed by atoms with Crippen molar-refractivity contribution in [3.63, 3.8) is 0 Å². The Morgan fingerprint density at radius 3 is 2.21 bits per heavy atom. The topological polar surface area (TPSA) is 145 Å². The van der Waals surface area contributed by atoms with Gasteiger partial charge in [-0.15, -0.1) is 0 Å². The summed E-state index contributed by atoms with van der Waals surface area (Å²) in [5.41, 5.74) is -0.473. The molecule has 10 nitrogen and oxygen atoms in total. The van der Waals surface area contributed by atoms with Crippen molar-refractivity contribution in [1.29, 1.82) is 0 Å². The first-order valence-electron chi connectivity index (χ1n) is 8.04. The average Bonchev–Trinajstić information content (AvgIpc) is 2.61. The SMILES string of the molecule is COCC(C)NS(=O)(=O)c1ccc(NS(=O)(=O)c2ccc(Cl)c([N+](=O)[O-])c2)cc1. The molecule has 0 aromatic heterocycles. The van der Waals surface area contributed by atoms with Crippen LogP contribution < -0.4 is 9.44 Å². The van der Waals surface area contributed by atoms with Gasteiger partial charge in [0.15, 0.2) is 0 Å². The van der Waals surface area contributed by atoms with Crippen LogP contribution in [0.1, 0.15) is 6.92 Å². The summed E-state index contributed by atoms with van der Waals surface area (Å²) in [5.74, 6) is 0. The summed E-state index contributed by atoms with van der Waals surface area (Å²) in [4.78, 5) is 9.73. The third kappa shape index (κ3) is 5.87. The van der Waals surface area contributed by atoms with Gasteiger partial charge in [0.1, 0.15) is 5.02 Å². The second-order valence-electron chi connectivity index (χ2n) is 5.98. The number of anilines is 1. The van der Waals surface area contributed by atoms with Crippen molar-refractivity contribution in [2.24, 2.45) is 0 Å². The second-order valence-corrected chi connectivity index (χ2v) is 9.78. The molecule has 29 heavy (non-hydrogen) atoms. The first-order chi connectivity index (χ1) is 13.5. The van der Waals surface area contributed by atoms with Gasteiger partial charge in [0, 0.05) is 24.9 Å². The zero-order valence-corrected chi connectivity index (χ0v) is 17.7. The lowest BCUT2D eigenvalue weighted by Crippen LogP contribution is -2.35. The molecular formula is C16H18ClN3O7S2. The number of nitro benzene ring substituents is 1. The summed E-state index contributed by atoms with van der Waals surface area (Å²) in [5, 5.41) is 10.7. The van der Waals surface area contributed by atoms with Crippen LogP contribution in [-0.4, -0.2) is 41.5 Å². The maximum atomic E-state index is 12.5. The van der Waals surface area contributed by atoms with Gasteiger partial charge in [-0.25, -0.2) is 21.6 Å². The van der Waals surface area contributed by atoms with Crippen LogP contribution in [0.5, 0.6) is 0 Å². The predicted octanol–water partition coefficient (Wildman–Crippen LogP) is 2.36. The average molecular weight is 464 g/mol.